The van der Waals surface area contributed by atoms with Crippen LogP contribution in [0.2, 0.25) is 0 Å². The summed E-state index contributed by atoms with van der Waals surface area (Å²) in [4.78, 5) is 12.1. The zero-order valence-corrected chi connectivity index (χ0v) is 17.8. The molecule has 3 aromatic rings. The first-order valence-electron chi connectivity index (χ1n) is 8.61. The molecule has 0 bridgehead atoms. The van der Waals surface area contributed by atoms with Gasteiger partial charge in [0.1, 0.15) is 17.6 Å². The van der Waals surface area contributed by atoms with Gasteiger partial charge in [0, 0.05) is 12.3 Å². The van der Waals surface area contributed by atoms with E-state index >= 15 is 0 Å². The highest BCUT2D eigenvalue weighted by Gasteiger charge is 2.33. The quantitative estimate of drug-likeness (QED) is 0.342. The van der Waals surface area contributed by atoms with Gasteiger partial charge in [-0.15, -0.1) is 0 Å². The van der Waals surface area contributed by atoms with Crippen LogP contribution in [-0.2, 0) is 10.9 Å². The molecule has 2 aromatic carbocycles. The zero-order valence-electron chi connectivity index (χ0n) is 16.2. The second-order valence-corrected chi connectivity index (χ2v) is 7.24. The highest BCUT2D eigenvalue weighted by molar-refractivity contribution is 9.10. The number of alkyl halides is 3. The van der Waals surface area contributed by atoms with Crippen LogP contribution in [0.25, 0.3) is 5.69 Å². The molecule has 0 spiro atoms. The highest BCUT2D eigenvalue weighted by atomic mass is 79.9. The van der Waals surface area contributed by atoms with Gasteiger partial charge in [-0.1, -0.05) is 0 Å². The molecule has 1 aromatic heterocycles. The Kier molecular flexibility index (Phi) is 6.33. The van der Waals surface area contributed by atoms with Crippen molar-refractivity contribution < 1.29 is 40.6 Å². The average Bonchev–Trinajstić information content (AvgIpc) is 3.06. The van der Waals surface area contributed by atoms with Crippen LogP contribution in [0.3, 0.4) is 0 Å². The van der Waals surface area contributed by atoms with Gasteiger partial charge in [-0.25, -0.2) is 18.0 Å². The van der Waals surface area contributed by atoms with Crippen LogP contribution in [0.1, 0.15) is 21.6 Å². The number of nitrogens with zero attached hydrogens (tertiary/aromatic N) is 2. The number of hydrogen-bond donors (Lipinski definition) is 1. The minimum absolute atomic E-state index is 0.0396. The largest absolute Gasteiger partial charge is 0.464 e. The Balaban J connectivity index is 2.16. The predicted molar refractivity (Wildman–Crippen MR) is 105 cm³/mol. The summed E-state index contributed by atoms with van der Waals surface area (Å²) in [5.74, 6) is -6.92. The van der Waals surface area contributed by atoms with Crippen molar-refractivity contribution in [1.29, 1.82) is 5.26 Å². The van der Waals surface area contributed by atoms with Gasteiger partial charge >= 0.3 is 12.1 Å². The smallest absolute Gasteiger partial charge is 0.416 e. The maximum absolute atomic E-state index is 14.7. The lowest BCUT2D eigenvalue weighted by atomic mass is 10.2. The fourth-order valence-electron chi connectivity index (χ4n) is 2.82. The number of anilines is 1. The van der Waals surface area contributed by atoms with Crippen molar-refractivity contribution in [3.63, 3.8) is 0 Å². The number of nitriles is 1. The van der Waals surface area contributed by atoms with Gasteiger partial charge in [-0.3, -0.25) is 0 Å². The Labute approximate surface area is 189 Å². The number of esters is 1. The number of hydrogen-bond acceptors (Lipinski definition) is 5. The monoisotopic (exact) mass is 533 g/mol. The number of carbonyl (C=O) groups is 1. The van der Waals surface area contributed by atoms with E-state index < -0.39 is 58.0 Å². The number of methoxy groups -OCH3 is 1. The molecule has 2 N–H and O–H groups in total. The molecule has 33 heavy (non-hydrogen) atoms. The van der Waals surface area contributed by atoms with Crippen molar-refractivity contribution in [3.05, 3.63) is 69.2 Å². The van der Waals surface area contributed by atoms with Crippen molar-refractivity contribution in [2.45, 2.75) is 6.18 Å². The van der Waals surface area contributed by atoms with Crippen molar-refractivity contribution in [2.75, 3.05) is 12.8 Å². The van der Waals surface area contributed by atoms with Gasteiger partial charge in [0.05, 0.1) is 34.1 Å². The normalized spacial score (nSPS) is 11.2. The molecule has 3 rings (SSSR count). The van der Waals surface area contributed by atoms with Crippen LogP contribution in [-0.4, -0.2) is 17.6 Å². The Morgan fingerprint density at radius 1 is 1.12 bits per heavy atom. The van der Waals surface area contributed by atoms with Crippen LogP contribution in [0, 0.1) is 28.8 Å². The van der Waals surface area contributed by atoms with E-state index in [1.807, 2.05) is 0 Å². The second kappa shape index (κ2) is 8.70. The fraction of sp³-hybridized carbons (Fsp3) is 0.100. The average molecular weight is 534 g/mol. The lowest BCUT2D eigenvalue weighted by Gasteiger charge is -2.15. The summed E-state index contributed by atoms with van der Waals surface area (Å²) in [6.45, 7) is 0. The van der Waals surface area contributed by atoms with Crippen LogP contribution in [0.4, 0.5) is 32.0 Å². The Bertz CT molecular complexity index is 1290. The van der Waals surface area contributed by atoms with Crippen LogP contribution >= 0.6 is 15.9 Å². The molecular formula is C20H10BrF6N3O3. The molecule has 0 amide bonds. The molecule has 172 valence electrons. The standard InChI is InChI=1S/C20H10BrF6N3O3/c1-32-19(31)17-16(29)8(6-28)7-30(17)14-5-15(10(21)4-11(14)22)33-18-12(23)2-9(3-13(18)24)20(25,26)27/h2-5,7H,29H2,1H3. The number of nitrogens with two attached hydrogens (primary N) is 1. The Morgan fingerprint density at radius 3 is 2.24 bits per heavy atom. The summed E-state index contributed by atoms with van der Waals surface area (Å²) in [7, 11) is 1.02. The summed E-state index contributed by atoms with van der Waals surface area (Å²) in [6.07, 6.45) is -3.97. The highest BCUT2D eigenvalue weighted by Crippen LogP contribution is 2.39. The predicted octanol–water partition coefficient (Wildman–Crippen LogP) is 5.71. The molecule has 0 aliphatic heterocycles. The third kappa shape index (κ3) is 4.47. The first kappa shape index (κ1) is 24.0. The number of ether oxygens (including phenoxy) is 2. The number of halogens is 7. The first-order chi connectivity index (χ1) is 15.4. The minimum atomic E-state index is -5.00. The molecule has 6 nitrogen and oxygen atoms in total. The van der Waals surface area contributed by atoms with Gasteiger partial charge in [0.2, 0.25) is 0 Å². The zero-order chi connectivity index (χ0) is 24.7. The maximum atomic E-state index is 14.7. The third-order valence-electron chi connectivity index (χ3n) is 4.34. The summed E-state index contributed by atoms with van der Waals surface area (Å²) in [5, 5.41) is 9.18. The first-order valence-corrected chi connectivity index (χ1v) is 9.41. The number of aromatic nitrogens is 1. The second-order valence-electron chi connectivity index (χ2n) is 6.38. The molecule has 0 aliphatic carbocycles. The molecule has 0 fully saturated rings. The number of benzene rings is 2. The lowest BCUT2D eigenvalue weighted by molar-refractivity contribution is -0.138. The van der Waals surface area contributed by atoms with E-state index in [0.29, 0.717) is 0 Å². The van der Waals surface area contributed by atoms with Gasteiger partial charge in [0.25, 0.3) is 0 Å². The Hall–Kier alpha value is -3.66. The lowest BCUT2D eigenvalue weighted by Crippen LogP contribution is -2.12. The Morgan fingerprint density at radius 2 is 1.73 bits per heavy atom. The third-order valence-corrected chi connectivity index (χ3v) is 4.96. The number of carbonyl (C=O) groups excluding carboxylic acids is 1. The molecule has 0 radical (unpaired) electrons. The van der Waals surface area contributed by atoms with Crippen LogP contribution < -0.4 is 10.5 Å². The van der Waals surface area contributed by atoms with E-state index in [0.717, 1.165) is 30.0 Å². The van der Waals surface area contributed by atoms with Gasteiger partial charge < -0.3 is 19.8 Å². The fourth-order valence-corrected chi connectivity index (χ4v) is 3.21. The minimum Gasteiger partial charge on any atom is -0.464 e. The number of rotatable bonds is 4. The van der Waals surface area contributed by atoms with Gasteiger partial charge in [0.15, 0.2) is 23.1 Å². The van der Waals surface area contributed by atoms with Crippen LogP contribution in [0.5, 0.6) is 11.5 Å². The SMILES string of the molecule is COC(=O)c1c(N)c(C#N)cn1-c1cc(Oc2c(F)cc(C(F)(F)F)cc2F)c(Br)cc1F. The van der Waals surface area contributed by atoms with Crippen molar-refractivity contribution in [3.8, 4) is 23.3 Å². The van der Waals surface area contributed by atoms with E-state index in [9.17, 15) is 36.4 Å². The van der Waals surface area contributed by atoms with E-state index in [1.54, 1.807) is 6.07 Å². The molecule has 0 atom stereocenters. The summed E-state index contributed by atoms with van der Waals surface area (Å²) < 4.78 is 91.8. The summed E-state index contributed by atoms with van der Waals surface area (Å²) >= 11 is 2.93. The molecule has 0 saturated heterocycles. The molecule has 0 saturated carbocycles. The van der Waals surface area contributed by atoms with Crippen molar-refractivity contribution in [2.24, 2.45) is 0 Å². The number of nitrogen functional groups attached to an aromatic ring is 1. The summed E-state index contributed by atoms with van der Waals surface area (Å²) in [6, 6.07) is 3.50. The topological polar surface area (TPSA) is 90.3 Å². The van der Waals surface area contributed by atoms with Crippen molar-refractivity contribution >= 4 is 27.6 Å². The van der Waals surface area contributed by atoms with Crippen molar-refractivity contribution in [1.82, 2.24) is 4.57 Å². The van der Waals surface area contributed by atoms with Gasteiger partial charge in [-0.2, -0.15) is 18.4 Å². The molecule has 1 heterocycles. The van der Waals surface area contributed by atoms with E-state index in [-0.39, 0.29) is 27.9 Å². The molecular weight excluding hydrogens is 524 g/mol. The van der Waals surface area contributed by atoms with E-state index in [4.69, 9.17) is 10.5 Å². The molecule has 0 aliphatic rings. The summed E-state index contributed by atoms with van der Waals surface area (Å²) in [5.41, 5.74) is 2.84. The molecule has 0 unspecified atom stereocenters. The van der Waals surface area contributed by atoms with Crippen LogP contribution in [0.15, 0.2) is 34.9 Å². The molecule has 13 heteroatoms. The van der Waals surface area contributed by atoms with Gasteiger partial charge in [-0.05, 0) is 34.1 Å². The van der Waals surface area contributed by atoms with E-state index in [1.165, 1.54) is 0 Å². The van der Waals surface area contributed by atoms with E-state index in [2.05, 4.69) is 20.7 Å². The maximum Gasteiger partial charge on any atom is 0.416 e.